The summed E-state index contributed by atoms with van der Waals surface area (Å²) in [4.78, 5) is 0. The van der Waals surface area contributed by atoms with Gasteiger partial charge >= 0.3 is 0 Å². The molecule has 0 heteroatoms. The number of hydrogen-bond donors (Lipinski definition) is 0. The van der Waals surface area contributed by atoms with Gasteiger partial charge in [-0.05, 0) is 97.6 Å². The van der Waals surface area contributed by atoms with Gasteiger partial charge < -0.3 is 0 Å². The van der Waals surface area contributed by atoms with E-state index in [2.05, 4.69) is 170 Å². The number of rotatable bonds is 5. The van der Waals surface area contributed by atoms with Gasteiger partial charge in [0.05, 0.1) is 0 Å². The molecule has 0 saturated heterocycles. The third kappa shape index (κ3) is 8.12. The van der Waals surface area contributed by atoms with Crippen molar-refractivity contribution < 1.29 is 0 Å². The van der Waals surface area contributed by atoms with Gasteiger partial charge in [0.2, 0.25) is 0 Å². The summed E-state index contributed by atoms with van der Waals surface area (Å²) in [5.41, 5.74) is 14.2. The van der Waals surface area contributed by atoms with E-state index >= 15 is 0 Å². The molecule has 0 saturated carbocycles. The summed E-state index contributed by atoms with van der Waals surface area (Å²) in [7, 11) is 0. The van der Waals surface area contributed by atoms with Gasteiger partial charge in [0.25, 0.3) is 0 Å². The van der Waals surface area contributed by atoms with Crippen LogP contribution < -0.4 is 0 Å². The molecule has 0 aliphatic heterocycles. The molecule has 220 valence electrons. The number of allylic oxidation sites excluding steroid dienone is 1. The molecule has 0 aromatic heterocycles. The van der Waals surface area contributed by atoms with Gasteiger partial charge in [-0.15, -0.1) is 0 Å². The Morgan fingerprint density at radius 1 is 0.488 bits per heavy atom. The van der Waals surface area contributed by atoms with Crippen LogP contribution in [0.25, 0.3) is 18.2 Å². The largest absolute Gasteiger partial charge is 0.0795 e. The molecule has 0 unspecified atom stereocenters. The van der Waals surface area contributed by atoms with Crippen molar-refractivity contribution in [2.45, 2.75) is 125 Å². The highest BCUT2D eigenvalue weighted by Crippen LogP contribution is 2.35. The van der Waals surface area contributed by atoms with Gasteiger partial charge in [-0.1, -0.05) is 156 Å². The molecule has 41 heavy (non-hydrogen) atoms. The Balaban J connectivity index is 1.99. The van der Waals surface area contributed by atoms with Crippen LogP contribution in [0.1, 0.15) is 139 Å². The first-order chi connectivity index (χ1) is 18.7. The van der Waals surface area contributed by atoms with Crippen LogP contribution in [0.4, 0.5) is 0 Å². The van der Waals surface area contributed by atoms with Gasteiger partial charge in [-0.2, -0.15) is 0 Å². The Labute approximate surface area is 253 Å². The fourth-order valence-corrected chi connectivity index (χ4v) is 5.62. The first-order valence-corrected chi connectivity index (χ1v) is 15.4. The first-order valence-electron chi connectivity index (χ1n) is 15.4. The third-order valence-electron chi connectivity index (χ3n) is 8.38. The van der Waals surface area contributed by atoms with Crippen molar-refractivity contribution >= 4 is 18.2 Å². The second-order valence-electron chi connectivity index (χ2n) is 16.1. The van der Waals surface area contributed by atoms with Crippen molar-refractivity contribution in [1.82, 2.24) is 0 Å². The molecule has 0 nitrogen and oxygen atoms in total. The van der Waals surface area contributed by atoms with Crippen molar-refractivity contribution in [2.75, 3.05) is 0 Å². The Kier molecular flexibility index (Phi) is 9.39. The van der Waals surface area contributed by atoms with Crippen LogP contribution in [0.5, 0.6) is 0 Å². The first kappa shape index (κ1) is 32.7. The monoisotopic (exact) mass is 548 g/mol. The molecule has 3 aromatic carbocycles. The molecular formula is C41H56. The van der Waals surface area contributed by atoms with Crippen molar-refractivity contribution in [2.24, 2.45) is 0 Å². The SMILES string of the molecule is Cc1c(C=CCc2ccccc2C=Cc2cc(C(C)(C)C)cc(C(C)(C)C)c2C)cc(C(C)(C)C)cc1C(C)(C)C. The lowest BCUT2D eigenvalue weighted by atomic mass is 9.77. The van der Waals surface area contributed by atoms with Crippen LogP contribution in [0, 0.1) is 13.8 Å². The van der Waals surface area contributed by atoms with Gasteiger partial charge in [0.15, 0.2) is 0 Å². The molecule has 0 radical (unpaired) electrons. The van der Waals surface area contributed by atoms with Crippen molar-refractivity contribution in [3.8, 4) is 0 Å². The Bertz CT molecular complexity index is 1430. The minimum Gasteiger partial charge on any atom is -0.0795 e. The van der Waals surface area contributed by atoms with E-state index in [1.165, 1.54) is 55.6 Å². The fourth-order valence-electron chi connectivity index (χ4n) is 5.62. The quantitative estimate of drug-likeness (QED) is 0.278. The average molecular weight is 549 g/mol. The molecule has 0 aliphatic rings. The summed E-state index contributed by atoms with van der Waals surface area (Å²) in [6.07, 6.45) is 10.2. The Morgan fingerprint density at radius 3 is 1.34 bits per heavy atom. The zero-order valence-corrected chi connectivity index (χ0v) is 28.6. The van der Waals surface area contributed by atoms with Crippen molar-refractivity contribution in [1.29, 1.82) is 0 Å². The maximum absolute atomic E-state index is 2.43. The van der Waals surface area contributed by atoms with Gasteiger partial charge in [0.1, 0.15) is 0 Å². The van der Waals surface area contributed by atoms with E-state index in [0.717, 1.165) is 6.42 Å². The second kappa shape index (κ2) is 11.8. The molecule has 3 rings (SSSR count). The van der Waals surface area contributed by atoms with Gasteiger partial charge in [-0.3, -0.25) is 0 Å². The van der Waals surface area contributed by atoms with Crippen LogP contribution in [0.15, 0.2) is 54.6 Å². The maximum Gasteiger partial charge on any atom is -0.00882 e. The van der Waals surface area contributed by atoms with Gasteiger partial charge in [-0.25, -0.2) is 0 Å². The minimum atomic E-state index is 0.103. The van der Waals surface area contributed by atoms with Crippen molar-refractivity contribution in [3.05, 3.63) is 110 Å². The van der Waals surface area contributed by atoms with E-state index < -0.39 is 0 Å². The number of benzene rings is 3. The molecule has 0 amide bonds. The lowest BCUT2D eigenvalue weighted by molar-refractivity contribution is 0.565. The zero-order valence-electron chi connectivity index (χ0n) is 28.6. The lowest BCUT2D eigenvalue weighted by Crippen LogP contribution is -2.18. The van der Waals surface area contributed by atoms with E-state index in [-0.39, 0.29) is 21.7 Å². The Hall–Kier alpha value is -2.86. The molecule has 0 aliphatic carbocycles. The second-order valence-corrected chi connectivity index (χ2v) is 16.1. The zero-order chi connectivity index (χ0) is 31.0. The topological polar surface area (TPSA) is 0 Å². The van der Waals surface area contributed by atoms with E-state index in [4.69, 9.17) is 0 Å². The summed E-state index contributed by atoms with van der Waals surface area (Å²) in [5, 5.41) is 0. The summed E-state index contributed by atoms with van der Waals surface area (Å²) in [5.74, 6) is 0. The van der Waals surface area contributed by atoms with Crippen LogP contribution in [0.3, 0.4) is 0 Å². The predicted octanol–water partition coefficient (Wildman–Crippen LogP) is 11.9. The summed E-state index contributed by atoms with van der Waals surface area (Å²) in [6, 6.07) is 18.5. The molecule has 0 fully saturated rings. The van der Waals surface area contributed by atoms with Crippen LogP contribution in [-0.2, 0) is 28.1 Å². The van der Waals surface area contributed by atoms with Crippen LogP contribution in [-0.4, -0.2) is 0 Å². The lowest BCUT2D eigenvalue weighted by Gasteiger charge is -2.28. The smallest absolute Gasteiger partial charge is 0.00882 e. The molecule has 3 aromatic rings. The average Bonchev–Trinajstić information content (AvgIpc) is 2.82. The van der Waals surface area contributed by atoms with E-state index in [0.29, 0.717) is 0 Å². The predicted molar refractivity (Wildman–Crippen MR) is 185 cm³/mol. The fraction of sp³-hybridized carbons (Fsp3) is 0.463. The molecule has 0 spiro atoms. The summed E-state index contributed by atoms with van der Waals surface area (Å²) < 4.78 is 0. The standard InChI is InChI=1S/C41H56/c1-28-32(24-34(38(3,4)5)26-36(28)40(9,10)11)21-17-20-30-18-15-16-19-31(30)22-23-33-25-35(39(6,7)8)27-37(29(33)2)41(12,13)14/h15-19,21-27H,20H2,1-14H3. The highest BCUT2D eigenvalue weighted by Gasteiger charge is 2.24. The van der Waals surface area contributed by atoms with Crippen LogP contribution >= 0.6 is 0 Å². The van der Waals surface area contributed by atoms with E-state index in [1.54, 1.807) is 0 Å². The van der Waals surface area contributed by atoms with E-state index in [1.807, 2.05) is 0 Å². The van der Waals surface area contributed by atoms with Crippen LogP contribution in [0.2, 0.25) is 0 Å². The highest BCUT2D eigenvalue weighted by atomic mass is 14.3. The summed E-state index contributed by atoms with van der Waals surface area (Å²) >= 11 is 0. The van der Waals surface area contributed by atoms with Crippen molar-refractivity contribution in [3.63, 3.8) is 0 Å². The Morgan fingerprint density at radius 2 is 0.902 bits per heavy atom. The van der Waals surface area contributed by atoms with E-state index in [9.17, 15) is 0 Å². The molecule has 0 N–H and O–H groups in total. The summed E-state index contributed by atoms with van der Waals surface area (Å²) in [6.45, 7) is 32.3. The normalized spacial score (nSPS) is 13.5. The molecule has 0 atom stereocenters. The molecule has 0 bridgehead atoms. The number of hydrogen-bond acceptors (Lipinski definition) is 0. The highest BCUT2D eigenvalue weighted by molar-refractivity contribution is 5.74. The molecule has 0 heterocycles. The third-order valence-corrected chi connectivity index (χ3v) is 8.38. The molecular weight excluding hydrogens is 492 g/mol. The van der Waals surface area contributed by atoms with Gasteiger partial charge in [0, 0.05) is 0 Å². The maximum atomic E-state index is 2.43. The minimum absolute atomic E-state index is 0.103.